The van der Waals surface area contributed by atoms with Gasteiger partial charge in [0, 0.05) is 68.1 Å². The second kappa shape index (κ2) is 14.3. The number of benzene rings is 1. The number of carbonyl (C=O) groups excluding carboxylic acids is 3. The van der Waals surface area contributed by atoms with Gasteiger partial charge in [-0.1, -0.05) is 18.5 Å². The number of likely N-dealkylation sites (N-methyl/N-ethyl adjacent to an activating group) is 1. The van der Waals surface area contributed by atoms with E-state index < -0.39 is 16.1 Å². The maximum absolute atomic E-state index is 13.6. The predicted octanol–water partition coefficient (Wildman–Crippen LogP) is 3.33. The number of nitrogens with zero attached hydrogens (tertiary/aromatic N) is 4. The Hall–Kier alpha value is -2.45. The third-order valence-electron chi connectivity index (χ3n) is 8.93. The molecule has 0 bridgehead atoms. The number of hydrogen-bond acceptors (Lipinski definition) is 7. The molecule has 2 N–H and O–H groups in total. The average Bonchev–Trinajstić information content (AvgIpc) is 3.65. The zero-order valence-corrected chi connectivity index (χ0v) is 27.9. The Kier molecular flexibility index (Phi) is 10.7. The van der Waals surface area contributed by atoms with Crippen LogP contribution in [0.3, 0.4) is 0 Å². The molecule has 3 aliphatic heterocycles. The van der Waals surface area contributed by atoms with E-state index in [1.807, 2.05) is 18.9 Å². The van der Waals surface area contributed by atoms with Gasteiger partial charge in [0.05, 0.1) is 6.54 Å². The first-order valence-corrected chi connectivity index (χ1v) is 18.3. The first-order chi connectivity index (χ1) is 21.1. The largest absolute Gasteiger partial charge is 0.338 e. The van der Waals surface area contributed by atoms with Crippen LogP contribution >= 0.6 is 22.9 Å². The van der Waals surface area contributed by atoms with Gasteiger partial charge in [0.25, 0.3) is 10.0 Å². The summed E-state index contributed by atoms with van der Waals surface area (Å²) in [5.74, 6) is -0.461. The van der Waals surface area contributed by atoms with Gasteiger partial charge in [0.1, 0.15) is 10.3 Å². The molecule has 1 aromatic heterocycles. The number of carbonyl (C=O) groups is 3. The van der Waals surface area contributed by atoms with E-state index in [2.05, 4.69) is 14.9 Å². The molecule has 0 saturated carbocycles. The van der Waals surface area contributed by atoms with Crippen LogP contribution in [0.25, 0.3) is 10.1 Å². The van der Waals surface area contributed by atoms with Gasteiger partial charge in [-0.05, 0) is 74.6 Å². The van der Waals surface area contributed by atoms with Gasteiger partial charge in [-0.3, -0.25) is 14.5 Å². The summed E-state index contributed by atoms with van der Waals surface area (Å²) in [6.07, 6.45) is 5.63. The van der Waals surface area contributed by atoms with Crippen molar-refractivity contribution in [1.82, 2.24) is 29.6 Å². The number of urea groups is 1. The van der Waals surface area contributed by atoms with Crippen molar-refractivity contribution in [3.63, 3.8) is 0 Å². The first-order valence-electron chi connectivity index (χ1n) is 15.6. The summed E-state index contributed by atoms with van der Waals surface area (Å²) in [6.45, 7) is 6.08. The number of rotatable bonds is 10. The molecular formula is C30H43ClN6O5S2. The summed E-state index contributed by atoms with van der Waals surface area (Å²) in [5, 5.41) is 4.20. The van der Waals surface area contributed by atoms with Gasteiger partial charge in [0.15, 0.2) is 0 Å². The van der Waals surface area contributed by atoms with Crippen LogP contribution < -0.4 is 10.0 Å². The van der Waals surface area contributed by atoms with Crippen LogP contribution in [-0.2, 0) is 19.6 Å². The SMILES string of the molecule is CCCNC(=O)N(C)C1CCN(C[C@@H]2CCCCN2C(=O)CN2CCC[C@H](NS(=O)(=O)c3cc4cc(Cl)ccc4s3)C2=O)C1. The number of halogens is 1. The Morgan fingerprint density at radius 3 is 2.70 bits per heavy atom. The lowest BCUT2D eigenvalue weighted by molar-refractivity contribution is -0.145. The maximum atomic E-state index is 13.6. The molecule has 0 spiro atoms. The van der Waals surface area contributed by atoms with E-state index >= 15 is 0 Å². The monoisotopic (exact) mass is 666 g/mol. The molecule has 11 nitrogen and oxygen atoms in total. The molecule has 3 atom stereocenters. The van der Waals surface area contributed by atoms with Crippen LogP contribution in [0.1, 0.15) is 51.9 Å². The number of sulfonamides is 1. The van der Waals surface area contributed by atoms with Crippen molar-refractivity contribution < 1.29 is 22.8 Å². The standard InChI is InChI=1S/C30H43ClN6O5S2/c1-3-12-32-30(40)34(2)23-11-15-35(18-23)19-24-7-4-5-14-37(24)27(38)20-36-13-6-8-25(29(36)39)33-44(41,42)28-17-21-16-22(31)9-10-26(21)43-28/h9-10,16-17,23-25,33H,3-8,11-15,18-20H2,1-2H3,(H,32,40)/t23?,24-,25-/m0/s1. The predicted molar refractivity (Wildman–Crippen MR) is 172 cm³/mol. The fourth-order valence-electron chi connectivity index (χ4n) is 6.46. The molecule has 242 valence electrons. The van der Waals surface area contributed by atoms with Crippen molar-refractivity contribution in [2.45, 2.75) is 74.2 Å². The smallest absolute Gasteiger partial charge is 0.317 e. The molecule has 14 heteroatoms. The van der Waals surface area contributed by atoms with Crippen LogP contribution in [-0.4, -0.2) is 117 Å². The minimum atomic E-state index is -3.93. The fraction of sp³-hybridized carbons (Fsp3) is 0.633. The average molecular weight is 667 g/mol. The van der Waals surface area contributed by atoms with E-state index in [4.69, 9.17) is 11.6 Å². The first kappa shape index (κ1) is 32.9. The summed E-state index contributed by atoms with van der Waals surface area (Å²) < 4.78 is 30.0. The molecule has 2 aromatic rings. The highest BCUT2D eigenvalue weighted by Crippen LogP contribution is 2.31. The van der Waals surface area contributed by atoms with Crippen molar-refractivity contribution in [3.05, 3.63) is 29.3 Å². The normalized spacial score (nSPS) is 23.3. The Balaban J connectivity index is 1.17. The summed E-state index contributed by atoms with van der Waals surface area (Å²) in [6, 6.07) is 6.00. The van der Waals surface area contributed by atoms with Crippen molar-refractivity contribution in [2.24, 2.45) is 0 Å². The number of likely N-dealkylation sites (tertiary alicyclic amines) is 3. The van der Waals surface area contributed by atoms with Gasteiger partial charge in [0.2, 0.25) is 11.8 Å². The number of nitrogens with one attached hydrogen (secondary N) is 2. The van der Waals surface area contributed by atoms with Crippen molar-refractivity contribution in [3.8, 4) is 0 Å². The van der Waals surface area contributed by atoms with Crippen LogP contribution in [0, 0.1) is 0 Å². The van der Waals surface area contributed by atoms with Crippen LogP contribution in [0.4, 0.5) is 4.79 Å². The van der Waals surface area contributed by atoms with E-state index in [-0.39, 0.29) is 40.7 Å². The van der Waals surface area contributed by atoms with Crippen molar-refractivity contribution in [1.29, 1.82) is 0 Å². The Bertz CT molecular complexity index is 1470. The summed E-state index contributed by atoms with van der Waals surface area (Å²) in [4.78, 5) is 47.0. The quantitative estimate of drug-likeness (QED) is 0.401. The molecular weight excluding hydrogens is 624 g/mol. The van der Waals surface area contributed by atoms with Gasteiger partial charge in [-0.2, -0.15) is 4.72 Å². The van der Waals surface area contributed by atoms with E-state index in [9.17, 15) is 22.8 Å². The molecule has 0 aliphatic carbocycles. The van der Waals surface area contributed by atoms with E-state index in [0.717, 1.165) is 73.2 Å². The number of amides is 4. The second-order valence-electron chi connectivity index (χ2n) is 12.1. The highest BCUT2D eigenvalue weighted by molar-refractivity contribution is 7.91. The molecule has 1 unspecified atom stereocenters. The zero-order valence-electron chi connectivity index (χ0n) is 25.5. The lowest BCUT2D eigenvalue weighted by atomic mass is 10.0. The fourth-order valence-corrected chi connectivity index (χ4v) is 9.26. The lowest BCUT2D eigenvalue weighted by Gasteiger charge is -2.40. The molecule has 4 heterocycles. The van der Waals surface area contributed by atoms with Gasteiger partial charge < -0.3 is 20.0 Å². The Morgan fingerprint density at radius 1 is 1.09 bits per heavy atom. The minimum absolute atomic E-state index is 0.0462. The third-order valence-corrected chi connectivity index (χ3v) is 12.2. The van der Waals surface area contributed by atoms with Crippen LogP contribution in [0.15, 0.2) is 28.5 Å². The van der Waals surface area contributed by atoms with E-state index in [1.54, 1.807) is 29.2 Å². The summed E-state index contributed by atoms with van der Waals surface area (Å²) in [7, 11) is -2.09. The topological polar surface area (TPSA) is 122 Å². The molecule has 5 rings (SSSR count). The Labute approximate surface area is 268 Å². The van der Waals surface area contributed by atoms with E-state index in [0.29, 0.717) is 37.5 Å². The summed E-state index contributed by atoms with van der Waals surface area (Å²) >= 11 is 7.19. The zero-order chi connectivity index (χ0) is 31.4. The number of fused-ring (bicyclic) bond motifs is 1. The van der Waals surface area contributed by atoms with Crippen LogP contribution in [0.5, 0.6) is 0 Å². The van der Waals surface area contributed by atoms with Crippen molar-refractivity contribution in [2.75, 3.05) is 52.9 Å². The Morgan fingerprint density at radius 2 is 1.91 bits per heavy atom. The molecule has 1 aromatic carbocycles. The molecule has 3 aliphatic rings. The molecule has 44 heavy (non-hydrogen) atoms. The highest BCUT2D eigenvalue weighted by atomic mass is 35.5. The molecule has 3 fully saturated rings. The number of piperidine rings is 2. The maximum Gasteiger partial charge on any atom is 0.317 e. The minimum Gasteiger partial charge on any atom is -0.338 e. The lowest BCUT2D eigenvalue weighted by Crippen LogP contribution is -2.56. The van der Waals surface area contributed by atoms with E-state index in [1.165, 1.54) is 4.90 Å². The molecule has 4 amide bonds. The van der Waals surface area contributed by atoms with Gasteiger partial charge >= 0.3 is 6.03 Å². The highest BCUT2D eigenvalue weighted by Gasteiger charge is 2.37. The van der Waals surface area contributed by atoms with Crippen molar-refractivity contribution >= 4 is 60.9 Å². The second-order valence-corrected chi connectivity index (χ2v) is 15.6. The van der Waals surface area contributed by atoms with Crippen LogP contribution in [0.2, 0.25) is 5.02 Å². The summed E-state index contributed by atoms with van der Waals surface area (Å²) in [5.41, 5.74) is 0. The molecule has 0 radical (unpaired) electrons. The molecule has 3 saturated heterocycles. The van der Waals surface area contributed by atoms with Gasteiger partial charge in [-0.15, -0.1) is 11.3 Å². The number of thiophene rings is 1. The number of hydrogen-bond donors (Lipinski definition) is 2. The van der Waals surface area contributed by atoms with Gasteiger partial charge in [-0.25, -0.2) is 13.2 Å². The third kappa shape index (κ3) is 7.67.